The van der Waals surface area contributed by atoms with Crippen LogP contribution >= 0.6 is 0 Å². The summed E-state index contributed by atoms with van der Waals surface area (Å²) < 4.78 is 0. The Balaban J connectivity index is 1.94. The maximum atomic E-state index is 4.05. The van der Waals surface area contributed by atoms with E-state index in [1.165, 1.54) is 42.5 Å². The molecule has 0 aliphatic rings. The highest BCUT2D eigenvalue weighted by molar-refractivity contribution is 5.56. The van der Waals surface area contributed by atoms with E-state index < -0.39 is 0 Å². The molecule has 2 nitrogen and oxygen atoms in total. The largest absolute Gasteiger partial charge is 0.372 e. The lowest BCUT2D eigenvalue weighted by atomic mass is 10.1. The third kappa shape index (κ3) is 6.19. The fourth-order valence-corrected chi connectivity index (χ4v) is 2.71. The van der Waals surface area contributed by atoms with Crippen molar-refractivity contribution in [1.82, 2.24) is 4.98 Å². The Labute approximate surface area is 147 Å². The number of allylic oxidation sites excluding steroid dienone is 1. The second kappa shape index (κ2) is 10.6. The molecular formula is C22H30N2. The van der Waals surface area contributed by atoms with Crippen LogP contribution in [0, 0.1) is 0 Å². The lowest BCUT2D eigenvalue weighted by molar-refractivity contribution is 0.678. The van der Waals surface area contributed by atoms with E-state index in [-0.39, 0.29) is 0 Å². The minimum atomic E-state index is 0.948. The molecule has 0 aliphatic carbocycles. The summed E-state index contributed by atoms with van der Waals surface area (Å²) in [6, 6.07) is 13.1. The molecule has 24 heavy (non-hydrogen) atoms. The van der Waals surface area contributed by atoms with Crippen LogP contribution in [0.25, 0.3) is 6.08 Å². The van der Waals surface area contributed by atoms with Crippen LogP contribution in [0.5, 0.6) is 0 Å². The minimum Gasteiger partial charge on any atom is -0.372 e. The van der Waals surface area contributed by atoms with Gasteiger partial charge in [-0.25, -0.2) is 0 Å². The van der Waals surface area contributed by atoms with Gasteiger partial charge in [0, 0.05) is 31.2 Å². The van der Waals surface area contributed by atoms with Gasteiger partial charge in [-0.05, 0) is 54.7 Å². The summed E-state index contributed by atoms with van der Waals surface area (Å²) in [4.78, 5) is 6.58. The lowest BCUT2D eigenvalue weighted by Crippen LogP contribution is -2.25. The van der Waals surface area contributed by atoms with Crippen molar-refractivity contribution < 1.29 is 0 Å². The number of pyridine rings is 1. The number of aromatic nitrogens is 1. The van der Waals surface area contributed by atoms with Gasteiger partial charge < -0.3 is 4.90 Å². The first-order valence-electron chi connectivity index (χ1n) is 9.24. The Morgan fingerprint density at radius 1 is 0.875 bits per heavy atom. The van der Waals surface area contributed by atoms with Gasteiger partial charge in [-0.3, -0.25) is 4.98 Å². The van der Waals surface area contributed by atoms with Crippen molar-refractivity contribution in [2.75, 3.05) is 18.0 Å². The summed E-state index contributed by atoms with van der Waals surface area (Å²) in [5, 5.41) is 0. The number of hydrogen-bond donors (Lipinski definition) is 0. The molecule has 0 bridgehead atoms. The van der Waals surface area contributed by atoms with E-state index in [1.54, 1.807) is 0 Å². The van der Waals surface area contributed by atoms with Crippen LogP contribution in [0.15, 0.2) is 54.9 Å². The molecule has 2 heteroatoms. The van der Waals surface area contributed by atoms with Gasteiger partial charge in [-0.1, -0.05) is 51.0 Å². The number of benzene rings is 1. The second-order valence-electron chi connectivity index (χ2n) is 6.25. The van der Waals surface area contributed by atoms with E-state index in [0.717, 1.165) is 19.5 Å². The van der Waals surface area contributed by atoms with Crippen molar-refractivity contribution >= 4 is 11.8 Å². The third-order valence-electron chi connectivity index (χ3n) is 4.23. The van der Waals surface area contributed by atoms with E-state index in [0.29, 0.717) is 0 Å². The number of rotatable bonds is 10. The molecule has 0 fully saturated rings. The van der Waals surface area contributed by atoms with E-state index in [1.807, 2.05) is 12.4 Å². The summed E-state index contributed by atoms with van der Waals surface area (Å²) >= 11 is 0. The van der Waals surface area contributed by atoms with Gasteiger partial charge in [0.2, 0.25) is 0 Å². The van der Waals surface area contributed by atoms with Crippen molar-refractivity contribution in [3.8, 4) is 0 Å². The Kier molecular flexibility index (Phi) is 8.09. The molecule has 2 rings (SSSR count). The first-order chi connectivity index (χ1) is 11.8. The molecule has 1 heterocycles. The van der Waals surface area contributed by atoms with Crippen LogP contribution in [-0.4, -0.2) is 18.1 Å². The zero-order valence-corrected chi connectivity index (χ0v) is 15.1. The van der Waals surface area contributed by atoms with Gasteiger partial charge in [-0.2, -0.15) is 0 Å². The lowest BCUT2D eigenvalue weighted by Gasteiger charge is -2.24. The van der Waals surface area contributed by atoms with Crippen LogP contribution < -0.4 is 4.90 Å². The molecule has 0 unspecified atom stereocenters. The Hall–Kier alpha value is -2.09. The van der Waals surface area contributed by atoms with Crippen molar-refractivity contribution in [2.45, 2.75) is 46.0 Å². The van der Waals surface area contributed by atoms with Crippen molar-refractivity contribution in [3.63, 3.8) is 0 Å². The van der Waals surface area contributed by atoms with Gasteiger partial charge in [-0.15, -0.1) is 0 Å². The Morgan fingerprint density at radius 3 is 2.08 bits per heavy atom. The summed E-state index contributed by atoms with van der Waals surface area (Å²) in [7, 11) is 0. The summed E-state index contributed by atoms with van der Waals surface area (Å²) in [5.41, 5.74) is 3.91. The van der Waals surface area contributed by atoms with Gasteiger partial charge in [0.15, 0.2) is 0 Å². The SMILES string of the molecule is CCCCN(CCCC)c1ccc(/C=C/Cc2ccncc2)cc1. The van der Waals surface area contributed by atoms with Crippen molar-refractivity contribution in [3.05, 3.63) is 66.0 Å². The fourth-order valence-electron chi connectivity index (χ4n) is 2.71. The highest BCUT2D eigenvalue weighted by Gasteiger charge is 2.05. The van der Waals surface area contributed by atoms with E-state index in [2.05, 4.69) is 72.3 Å². The highest BCUT2D eigenvalue weighted by Crippen LogP contribution is 2.18. The summed E-state index contributed by atoms with van der Waals surface area (Å²) in [6.07, 6.45) is 14.1. The predicted molar refractivity (Wildman–Crippen MR) is 105 cm³/mol. The molecule has 0 atom stereocenters. The molecule has 2 aromatic rings. The highest BCUT2D eigenvalue weighted by atomic mass is 15.1. The van der Waals surface area contributed by atoms with Crippen LogP contribution in [0.2, 0.25) is 0 Å². The second-order valence-corrected chi connectivity index (χ2v) is 6.25. The smallest absolute Gasteiger partial charge is 0.0366 e. The molecule has 0 amide bonds. The molecule has 0 aliphatic heterocycles. The number of unbranched alkanes of at least 4 members (excludes halogenated alkanes) is 2. The Bertz CT molecular complexity index is 579. The maximum Gasteiger partial charge on any atom is 0.0366 e. The first kappa shape index (κ1) is 18.3. The van der Waals surface area contributed by atoms with Crippen LogP contribution in [0.1, 0.15) is 50.7 Å². The molecule has 0 saturated carbocycles. The molecule has 0 N–H and O–H groups in total. The maximum absolute atomic E-state index is 4.05. The monoisotopic (exact) mass is 322 g/mol. The minimum absolute atomic E-state index is 0.948. The molecule has 128 valence electrons. The third-order valence-corrected chi connectivity index (χ3v) is 4.23. The fraction of sp³-hybridized carbons (Fsp3) is 0.409. The van der Waals surface area contributed by atoms with Crippen molar-refractivity contribution in [2.24, 2.45) is 0 Å². The number of hydrogen-bond acceptors (Lipinski definition) is 2. The average molecular weight is 322 g/mol. The topological polar surface area (TPSA) is 16.1 Å². The van der Waals surface area contributed by atoms with E-state index >= 15 is 0 Å². The molecule has 1 aromatic heterocycles. The van der Waals surface area contributed by atoms with Crippen LogP contribution in [0.3, 0.4) is 0 Å². The van der Waals surface area contributed by atoms with Crippen molar-refractivity contribution in [1.29, 1.82) is 0 Å². The summed E-state index contributed by atoms with van der Waals surface area (Å²) in [5.74, 6) is 0. The van der Waals surface area contributed by atoms with Gasteiger partial charge in [0.05, 0.1) is 0 Å². The zero-order valence-electron chi connectivity index (χ0n) is 15.1. The number of nitrogens with zero attached hydrogens (tertiary/aromatic N) is 2. The summed E-state index contributed by atoms with van der Waals surface area (Å²) in [6.45, 7) is 6.84. The quantitative estimate of drug-likeness (QED) is 0.554. The molecule has 1 aromatic carbocycles. The van der Waals surface area contributed by atoms with E-state index in [9.17, 15) is 0 Å². The van der Waals surface area contributed by atoms with Gasteiger partial charge >= 0.3 is 0 Å². The average Bonchev–Trinajstić information content (AvgIpc) is 2.64. The number of anilines is 1. The standard InChI is InChI=1S/C22H30N2/c1-3-5-18-24(19-6-4-2)22-12-10-20(11-13-22)8-7-9-21-14-16-23-17-15-21/h7-8,10-17H,3-6,9,18-19H2,1-2H3/b8-7+. The Morgan fingerprint density at radius 2 is 1.50 bits per heavy atom. The normalized spacial score (nSPS) is 11.1. The van der Waals surface area contributed by atoms with E-state index in [4.69, 9.17) is 0 Å². The van der Waals surface area contributed by atoms with Gasteiger partial charge in [0.1, 0.15) is 0 Å². The van der Waals surface area contributed by atoms with Crippen LogP contribution in [-0.2, 0) is 6.42 Å². The first-order valence-corrected chi connectivity index (χ1v) is 9.24. The molecule has 0 spiro atoms. The van der Waals surface area contributed by atoms with Crippen LogP contribution in [0.4, 0.5) is 5.69 Å². The van der Waals surface area contributed by atoms with Gasteiger partial charge in [0.25, 0.3) is 0 Å². The molecule has 0 radical (unpaired) electrons. The predicted octanol–water partition coefficient (Wildman–Crippen LogP) is 5.74. The molecular weight excluding hydrogens is 292 g/mol. The molecule has 0 saturated heterocycles. The zero-order chi connectivity index (χ0) is 17.0.